The summed E-state index contributed by atoms with van der Waals surface area (Å²) < 4.78 is 15.8. The number of imidazole rings is 1. The fourth-order valence-corrected chi connectivity index (χ4v) is 3.02. The van der Waals surface area contributed by atoms with E-state index in [1.54, 1.807) is 12.5 Å². The average Bonchev–Trinajstić information content (AvgIpc) is 3.07. The Morgan fingerprint density at radius 3 is 2.81 bits per heavy atom. The highest BCUT2D eigenvalue weighted by Gasteiger charge is 2.27. The number of rotatable bonds is 4. The van der Waals surface area contributed by atoms with Crippen molar-refractivity contribution < 1.29 is 14.0 Å². The van der Waals surface area contributed by atoms with Crippen molar-refractivity contribution in [3.8, 4) is 0 Å². The number of fused-ring (bicyclic) bond motifs is 1. The van der Waals surface area contributed by atoms with Crippen molar-refractivity contribution >= 4 is 23.3 Å². The van der Waals surface area contributed by atoms with Crippen LogP contribution in [0.15, 0.2) is 30.9 Å². The van der Waals surface area contributed by atoms with E-state index in [0.717, 1.165) is 0 Å². The maximum Gasteiger partial charge on any atom is 0.319 e. The molecular weight excluding hydrogens is 349 g/mol. The molecule has 3 N–H and O–H groups in total. The molecule has 3 rings (SSSR count). The Hall–Kier alpha value is -2.90. The molecule has 1 aromatic heterocycles. The second kappa shape index (κ2) is 7.38. The van der Waals surface area contributed by atoms with E-state index in [0.29, 0.717) is 30.6 Å². The van der Waals surface area contributed by atoms with Gasteiger partial charge < -0.3 is 20.5 Å². The minimum atomic E-state index is -0.456. The SMILES string of the molecule is CC(C)(C)[C@H](Cn1ccnc1)NC(=O)Nc1cc(F)cc2c1NC(=O)CC2. The number of carbonyl (C=O) groups is 2. The minimum absolute atomic E-state index is 0.148. The number of hydrogen-bond donors (Lipinski definition) is 3. The predicted molar refractivity (Wildman–Crippen MR) is 101 cm³/mol. The van der Waals surface area contributed by atoms with E-state index in [-0.39, 0.29) is 23.1 Å². The summed E-state index contributed by atoms with van der Waals surface area (Å²) in [6, 6.07) is 1.95. The van der Waals surface area contributed by atoms with Gasteiger partial charge in [-0.25, -0.2) is 14.2 Å². The molecule has 1 aromatic carbocycles. The summed E-state index contributed by atoms with van der Waals surface area (Å²) >= 11 is 0. The van der Waals surface area contributed by atoms with Crippen LogP contribution < -0.4 is 16.0 Å². The second-order valence-corrected chi connectivity index (χ2v) is 7.81. The van der Waals surface area contributed by atoms with Crippen LogP contribution in [0.3, 0.4) is 0 Å². The lowest BCUT2D eigenvalue weighted by Gasteiger charge is -2.32. The highest BCUT2D eigenvalue weighted by atomic mass is 19.1. The summed E-state index contributed by atoms with van der Waals surface area (Å²) in [5, 5.41) is 8.35. The fraction of sp³-hybridized carbons (Fsp3) is 0.421. The third-order valence-corrected chi connectivity index (χ3v) is 4.62. The number of carbonyl (C=O) groups excluding carboxylic acids is 2. The molecule has 1 atom stereocenters. The number of anilines is 2. The van der Waals surface area contributed by atoms with Crippen LogP contribution in [0.1, 0.15) is 32.8 Å². The fourth-order valence-electron chi connectivity index (χ4n) is 3.02. The van der Waals surface area contributed by atoms with Crippen molar-refractivity contribution in [3.63, 3.8) is 0 Å². The smallest absolute Gasteiger partial charge is 0.319 e. The van der Waals surface area contributed by atoms with E-state index < -0.39 is 11.8 Å². The molecule has 27 heavy (non-hydrogen) atoms. The molecule has 0 saturated heterocycles. The lowest BCUT2D eigenvalue weighted by molar-refractivity contribution is -0.116. The van der Waals surface area contributed by atoms with E-state index in [2.05, 4.69) is 20.9 Å². The van der Waals surface area contributed by atoms with E-state index in [1.165, 1.54) is 12.1 Å². The maximum absolute atomic E-state index is 13.9. The zero-order chi connectivity index (χ0) is 19.6. The monoisotopic (exact) mass is 373 g/mol. The van der Waals surface area contributed by atoms with Crippen LogP contribution in [0.2, 0.25) is 0 Å². The zero-order valence-corrected chi connectivity index (χ0v) is 15.7. The topological polar surface area (TPSA) is 88.1 Å². The highest BCUT2D eigenvalue weighted by molar-refractivity contribution is 6.01. The van der Waals surface area contributed by atoms with Crippen LogP contribution in [0.4, 0.5) is 20.6 Å². The Morgan fingerprint density at radius 1 is 1.37 bits per heavy atom. The van der Waals surface area contributed by atoms with E-state index in [1.807, 2.05) is 31.5 Å². The number of aryl methyl sites for hydroxylation is 1. The summed E-state index contributed by atoms with van der Waals surface area (Å²) in [7, 11) is 0. The molecule has 0 spiro atoms. The Labute approximate surface area is 157 Å². The van der Waals surface area contributed by atoms with Crippen LogP contribution in [-0.4, -0.2) is 27.5 Å². The third-order valence-electron chi connectivity index (χ3n) is 4.62. The molecule has 3 amide bonds. The first-order valence-corrected chi connectivity index (χ1v) is 8.88. The molecule has 0 aliphatic carbocycles. The molecule has 0 radical (unpaired) electrons. The predicted octanol–water partition coefficient (Wildman–Crippen LogP) is 3.14. The minimum Gasteiger partial charge on any atom is -0.335 e. The number of nitrogens with zero attached hydrogens (tertiary/aromatic N) is 2. The van der Waals surface area contributed by atoms with Crippen molar-refractivity contribution in [3.05, 3.63) is 42.2 Å². The standard InChI is InChI=1S/C19H24FN5O2/c1-19(2,3)15(10-25-7-6-21-11-25)23-18(27)22-14-9-13(20)8-12-4-5-16(26)24-17(12)14/h6-9,11,15H,4-5,10H2,1-3H3,(H,24,26)(H2,22,23,27)/t15-/m0/s1. The summed E-state index contributed by atoms with van der Waals surface area (Å²) in [6.45, 7) is 6.63. The van der Waals surface area contributed by atoms with Crippen molar-refractivity contribution in [2.24, 2.45) is 5.41 Å². The molecule has 7 nitrogen and oxygen atoms in total. The summed E-state index contributed by atoms with van der Waals surface area (Å²) in [5.41, 5.74) is 1.18. The number of halogens is 1. The zero-order valence-electron chi connectivity index (χ0n) is 15.7. The quantitative estimate of drug-likeness (QED) is 0.769. The Kier molecular flexibility index (Phi) is 5.16. The molecule has 0 saturated carbocycles. The average molecular weight is 373 g/mol. The number of nitrogens with one attached hydrogen (secondary N) is 3. The molecular formula is C19H24FN5O2. The van der Waals surface area contributed by atoms with Crippen LogP contribution in [0, 0.1) is 11.2 Å². The first kappa shape index (κ1) is 18.9. The van der Waals surface area contributed by atoms with Gasteiger partial charge in [-0.1, -0.05) is 20.8 Å². The molecule has 1 aliphatic rings. The lowest BCUT2D eigenvalue weighted by atomic mass is 9.86. The Balaban J connectivity index is 1.76. The maximum atomic E-state index is 13.9. The Bertz CT molecular complexity index is 843. The molecule has 0 fully saturated rings. The second-order valence-electron chi connectivity index (χ2n) is 7.81. The van der Waals surface area contributed by atoms with Crippen molar-refractivity contribution in [1.82, 2.24) is 14.9 Å². The summed E-state index contributed by atoms with van der Waals surface area (Å²) in [5.74, 6) is -0.601. The van der Waals surface area contributed by atoms with Gasteiger partial charge in [-0.05, 0) is 29.5 Å². The molecule has 144 valence electrons. The number of hydrogen-bond acceptors (Lipinski definition) is 3. The summed E-state index contributed by atoms with van der Waals surface area (Å²) in [6.07, 6.45) is 5.95. The van der Waals surface area contributed by atoms with Crippen LogP contribution in [0.25, 0.3) is 0 Å². The van der Waals surface area contributed by atoms with Gasteiger partial charge in [0, 0.05) is 25.4 Å². The van der Waals surface area contributed by atoms with Crippen LogP contribution in [0.5, 0.6) is 0 Å². The van der Waals surface area contributed by atoms with Gasteiger partial charge in [-0.15, -0.1) is 0 Å². The van der Waals surface area contributed by atoms with Crippen LogP contribution >= 0.6 is 0 Å². The van der Waals surface area contributed by atoms with E-state index in [9.17, 15) is 14.0 Å². The molecule has 1 aliphatic heterocycles. The first-order chi connectivity index (χ1) is 12.7. The van der Waals surface area contributed by atoms with Gasteiger partial charge in [0.15, 0.2) is 0 Å². The number of amides is 3. The van der Waals surface area contributed by atoms with Gasteiger partial charge in [0.05, 0.1) is 23.7 Å². The van der Waals surface area contributed by atoms with Gasteiger partial charge >= 0.3 is 6.03 Å². The molecule has 8 heteroatoms. The number of aromatic nitrogens is 2. The van der Waals surface area contributed by atoms with Crippen molar-refractivity contribution in [2.75, 3.05) is 10.6 Å². The van der Waals surface area contributed by atoms with Gasteiger partial charge in [0.25, 0.3) is 0 Å². The Morgan fingerprint density at radius 2 is 2.15 bits per heavy atom. The molecule has 2 heterocycles. The van der Waals surface area contributed by atoms with Crippen molar-refractivity contribution in [1.29, 1.82) is 0 Å². The molecule has 0 bridgehead atoms. The molecule has 2 aromatic rings. The largest absolute Gasteiger partial charge is 0.335 e. The van der Waals surface area contributed by atoms with Gasteiger partial charge in [-0.2, -0.15) is 0 Å². The normalized spacial score (nSPS) is 14.9. The van der Waals surface area contributed by atoms with Crippen LogP contribution in [-0.2, 0) is 17.8 Å². The third kappa shape index (κ3) is 4.64. The van der Waals surface area contributed by atoms with Gasteiger partial charge in [-0.3, -0.25) is 4.79 Å². The highest BCUT2D eigenvalue weighted by Crippen LogP contribution is 2.32. The number of benzene rings is 1. The first-order valence-electron chi connectivity index (χ1n) is 8.88. The summed E-state index contributed by atoms with van der Waals surface area (Å²) in [4.78, 5) is 28.3. The van der Waals surface area contributed by atoms with Gasteiger partial charge in [0.2, 0.25) is 5.91 Å². The lowest BCUT2D eigenvalue weighted by Crippen LogP contribution is -2.48. The van der Waals surface area contributed by atoms with Gasteiger partial charge in [0.1, 0.15) is 5.82 Å². The van der Waals surface area contributed by atoms with E-state index in [4.69, 9.17) is 0 Å². The van der Waals surface area contributed by atoms with E-state index >= 15 is 0 Å². The number of urea groups is 1. The van der Waals surface area contributed by atoms with Crippen molar-refractivity contribution in [2.45, 2.75) is 46.2 Å². The molecule has 0 unspecified atom stereocenters.